The van der Waals surface area contributed by atoms with Crippen LogP contribution in [0.1, 0.15) is 18.5 Å². The molecule has 7 heteroatoms. The van der Waals surface area contributed by atoms with Crippen LogP contribution in [0, 0.1) is 6.92 Å². The molecule has 1 heterocycles. The molecular formula is C22H22NNaO5. The fourth-order valence-corrected chi connectivity index (χ4v) is 3.22. The second-order valence-electron chi connectivity index (χ2n) is 6.71. The third kappa shape index (κ3) is 6.01. The molecule has 0 saturated carbocycles. The number of benzene rings is 2. The number of hydrogen-bond donors (Lipinski definition) is 2. The molecule has 0 aliphatic carbocycles. The Kier molecular flexibility index (Phi) is 8.61. The van der Waals surface area contributed by atoms with Crippen molar-refractivity contribution in [1.82, 2.24) is 4.98 Å². The third-order valence-corrected chi connectivity index (χ3v) is 4.45. The van der Waals surface area contributed by atoms with Gasteiger partial charge in [-0.1, -0.05) is 48.5 Å². The van der Waals surface area contributed by atoms with Crippen LogP contribution in [0.15, 0.2) is 54.6 Å². The van der Waals surface area contributed by atoms with Gasteiger partial charge in [0.05, 0.1) is 23.4 Å². The van der Waals surface area contributed by atoms with Crippen LogP contribution in [0.4, 0.5) is 0 Å². The van der Waals surface area contributed by atoms with Crippen molar-refractivity contribution in [2.45, 2.75) is 32.0 Å². The molecule has 1 unspecified atom stereocenters. The van der Waals surface area contributed by atoms with Gasteiger partial charge >= 0.3 is 29.6 Å². The zero-order chi connectivity index (χ0) is 20.1. The number of fused-ring (bicyclic) bond motifs is 1. The fraction of sp³-hybridized carbons (Fsp3) is 0.273. The van der Waals surface area contributed by atoms with E-state index in [1.807, 2.05) is 61.5 Å². The number of carbonyl (C=O) groups is 1. The van der Waals surface area contributed by atoms with Gasteiger partial charge in [0.1, 0.15) is 12.4 Å². The smallest absolute Gasteiger partial charge is 0.550 e. The summed E-state index contributed by atoms with van der Waals surface area (Å²) in [6, 6.07) is 17.5. The number of aromatic nitrogens is 1. The Labute approximate surface area is 191 Å². The number of aliphatic hydroxyl groups excluding tert-OH is 2. The summed E-state index contributed by atoms with van der Waals surface area (Å²) in [5, 5.41) is 31.3. The number of rotatable bonds is 8. The van der Waals surface area contributed by atoms with Gasteiger partial charge in [-0.2, -0.15) is 0 Å². The molecule has 3 rings (SSSR count). The average Bonchev–Trinajstić information content (AvgIpc) is 2.65. The maximum absolute atomic E-state index is 10.5. The summed E-state index contributed by atoms with van der Waals surface area (Å²) in [6.45, 7) is 1.75. The van der Waals surface area contributed by atoms with Gasteiger partial charge in [0.25, 0.3) is 0 Å². The molecule has 2 N–H and O–H groups in total. The number of carboxylic acids is 1. The number of ether oxygens (including phenoxy) is 1. The van der Waals surface area contributed by atoms with E-state index in [2.05, 4.69) is 4.98 Å². The first-order chi connectivity index (χ1) is 13.5. The number of aryl methyl sites for hydroxylation is 1. The second kappa shape index (κ2) is 10.7. The van der Waals surface area contributed by atoms with Gasteiger partial charge in [-0.15, -0.1) is 0 Å². The summed E-state index contributed by atoms with van der Waals surface area (Å²) >= 11 is 0. The molecule has 2 aromatic carbocycles. The number of aliphatic hydroxyl groups is 2. The molecule has 3 aromatic rings. The van der Waals surface area contributed by atoms with Crippen LogP contribution in [0.2, 0.25) is 0 Å². The quantitative estimate of drug-likeness (QED) is 0.461. The summed E-state index contributed by atoms with van der Waals surface area (Å²) in [7, 11) is 0. The molecule has 0 aliphatic rings. The van der Waals surface area contributed by atoms with Crippen LogP contribution in [0.3, 0.4) is 0 Å². The van der Waals surface area contributed by atoms with Gasteiger partial charge in [-0.05, 0) is 18.6 Å². The predicted molar refractivity (Wildman–Crippen MR) is 104 cm³/mol. The number of aliphatic carboxylic acids is 1. The topological polar surface area (TPSA) is 103 Å². The molecule has 0 radical (unpaired) electrons. The first-order valence-corrected chi connectivity index (χ1v) is 9.09. The van der Waals surface area contributed by atoms with E-state index >= 15 is 0 Å². The van der Waals surface area contributed by atoms with Crippen LogP contribution in [0.5, 0.6) is 5.75 Å². The van der Waals surface area contributed by atoms with Gasteiger partial charge in [-0.25, -0.2) is 4.98 Å². The largest absolute Gasteiger partial charge is 1.00 e. The minimum atomic E-state index is -1.36. The minimum Gasteiger partial charge on any atom is -0.550 e. The van der Waals surface area contributed by atoms with Crippen molar-refractivity contribution in [3.63, 3.8) is 0 Å². The van der Waals surface area contributed by atoms with Gasteiger partial charge in [-0.3, -0.25) is 0 Å². The summed E-state index contributed by atoms with van der Waals surface area (Å²) in [5.41, 5.74) is 3.37. The summed E-state index contributed by atoms with van der Waals surface area (Å²) in [5.74, 6) is -0.806. The van der Waals surface area contributed by atoms with Crippen molar-refractivity contribution in [3.05, 3.63) is 60.3 Å². The summed E-state index contributed by atoms with van der Waals surface area (Å²) in [4.78, 5) is 15.1. The fourth-order valence-electron chi connectivity index (χ4n) is 3.22. The second-order valence-corrected chi connectivity index (χ2v) is 6.71. The van der Waals surface area contributed by atoms with Crippen LogP contribution in [-0.4, -0.2) is 40.0 Å². The zero-order valence-electron chi connectivity index (χ0n) is 16.5. The SMILES string of the molecule is Cc1nc2ccccc2c(-c2ccccc2)c1OCC(O)C[C@@H](O)CC(=O)[O-].[Na+]. The molecular weight excluding hydrogens is 381 g/mol. The molecule has 0 saturated heterocycles. The van der Waals surface area contributed by atoms with E-state index < -0.39 is 24.6 Å². The Morgan fingerprint density at radius 1 is 1.07 bits per heavy atom. The van der Waals surface area contributed by atoms with Gasteiger partial charge in [0.15, 0.2) is 0 Å². The van der Waals surface area contributed by atoms with Gasteiger partial charge in [0, 0.05) is 29.8 Å². The van der Waals surface area contributed by atoms with Crippen molar-refractivity contribution in [2.75, 3.05) is 6.61 Å². The van der Waals surface area contributed by atoms with Gasteiger partial charge < -0.3 is 24.9 Å². The maximum atomic E-state index is 10.5. The van der Waals surface area contributed by atoms with E-state index in [1.165, 1.54) is 0 Å². The molecule has 0 amide bonds. The molecule has 6 nitrogen and oxygen atoms in total. The van der Waals surface area contributed by atoms with Crippen molar-refractivity contribution in [1.29, 1.82) is 0 Å². The maximum Gasteiger partial charge on any atom is 1.00 e. The molecule has 146 valence electrons. The number of carboxylic acid groups (broad SMARTS) is 1. The van der Waals surface area contributed by atoms with Crippen molar-refractivity contribution in [3.8, 4) is 16.9 Å². The normalized spacial score (nSPS) is 12.8. The number of nitrogens with zero attached hydrogens (tertiary/aromatic N) is 1. The third-order valence-electron chi connectivity index (χ3n) is 4.45. The Morgan fingerprint density at radius 3 is 2.41 bits per heavy atom. The number of carbonyl (C=O) groups excluding carboxylic acids is 1. The minimum absolute atomic E-state index is 0. The molecule has 2 atom stereocenters. The molecule has 1 aromatic heterocycles. The van der Waals surface area contributed by atoms with Crippen LogP contribution >= 0.6 is 0 Å². The van der Waals surface area contributed by atoms with E-state index in [9.17, 15) is 20.1 Å². The Bertz CT molecular complexity index is 964. The Morgan fingerprint density at radius 2 is 1.72 bits per heavy atom. The molecule has 0 bridgehead atoms. The summed E-state index contributed by atoms with van der Waals surface area (Å²) < 4.78 is 5.91. The first-order valence-electron chi connectivity index (χ1n) is 9.09. The number of para-hydroxylation sites is 1. The van der Waals surface area contributed by atoms with Crippen molar-refractivity contribution < 1.29 is 54.4 Å². The van der Waals surface area contributed by atoms with E-state index in [1.54, 1.807) is 0 Å². The average molecular weight is 403 g/mol. The van der Waals surface area contributed by atoms with E-state index in [0.717, 1.165) is 22.0 Å². The molecule has 0 fully saturated rings. The summed E-state index contributed by atoms with van der Waals surface area (Å²) in [6.07, 6.45) is -2.85. The van der Waals surface area contributed by atoms with Crippen LogP contribution < -0.4 is 39.4 Å². The number of hydrogen-bond acceptors (Lipinski definition) is 6. The van der Waals surface area contributed by atoms with Crippen LogP contribution in [0.25, 0.3) is 22.0 Å². The number of pyridine rings is 1. The molecule has 0 aliphatic heterocycles. The van der Waals surface area contributed by atoms with Crippen molar-refractivity contribution >= 4 is 16.9 Å². The Balaban J connectivity index is 0.00000300. The van der Waals surface area contributed by atoms with Gasteiger partial charge in [0.2, 0.25) is 0 Å². The Hall–Kier alpha value is -1.96. The van der Waals surface area contributed by atoms with E-state index in [-0.39, 0.29) is 42.6 Å². The van der Waals surface area contributed by atoms with Crippen molar-refractivity contribution in [2.24, 2.45) is 0 Å². The monoisotopic (exact) mass is 403 g/mol. The predicted octanol–water partition coefficient (Wildman–Crippen LogP) is -1.16. The van der Waals surface area contributed by atoms with Crippen LogP contribution in [-0.2, 0) is 4.79 Å². The molecule has 29 heavy (non-hydrogen) atoms. The zero-order valence-corrected chi connectivity index (χ0v) is 18.5. The first kappa shape index (κ1) is 23.3. The van der Waals surface area contributed by atoms with E-state index in [4.69, 9.17) is 4.74 Å². The van der Waals surface area contributed by atoms with E-state index in [0.29, 0.717) is 11.4 Å². The molecule has 0 spiro atoms. The standard InChI is InChI=1S/C22H23NO5.Na/c1-14-22(28-13-17(25)11-16(24)12-20(26)27)21(15-7-3-2-4-8-15)18-9-5-6-10-19(18)23-14;/h2-10,16-17,24-25H,11-13H2,1H3,(H,26,27);/q;+1/p-1/t16-,17?;/m1./s1.